The van der Waals surface area contributed by atoms with Crippen molar-refractivity contribution >= 4 is 43.5 Å². The van der Waals surface area contributed by atoms with E-state index in [1.807, 2.05) is 25.1 Å². The molecule has 0 aliphatic carbocycles. The predicted molar refractivity (Wildman–Crippen MR) is 88.5 cm³/mol. The number of nitrogens with two attached hydrogens (primary N) is 1. The Bertz CT molecular complexity index is 644. The van der Waals surface area contributed by atoms with Crippen molar-refractivity contribution in [2.24, 2.45) is 5.73 Å². The maximum atomic E-state index is 13.4. The summed E-state index contributed by atoms with van der Waals surface area (Å²) < 4.78 is 15.1. The zero-order valence-corrected chi connectivity index (χ0v) is 14.7. The van der Waals surface area contributed by atoms with Crippen LogP contribution >= 0.6 is 43.5 Å². The highest BCUT2D eigenvalue weighted by atomic mass is 79.9. The summed E-state index contributed by atoms with van der Waals surface area (Å²) in [5, 5.41) is 0.594. The van der Waals surface area contributed by atoms with Gasteiger partial charge >= 0.3 is 0 Å². The maximum Gasteiger partial charge on any atom is 0.123 e. The fourth-order valence-corrected chi connectivity index (χ4v) is 3.40. The van der Waals surface area contributed by atoms with Gasteiger partial charge in [-0.2, -0.15) is 0 Å². The molecule has 0 saturated carbocycles. The van der Waals surface area contributed by atoms with Crippen LogP contribution in [0.5, 0.6) is 0 Å². The second-order valence-corrected chi connectivity index (χ2v) is 7.13. The first-order chi connectivity index (χ1) is 9.29. The van der Waals surface area contributed by atoms with Crippen molar-refractivity contribution in [3.05, 3.63) is 67.3 Å². The van der Waals surface area contributed by atoms with E-state index < -0.39 is 5.54 Å². The van der Waals surface area contributed by atoms with Crippen LogP contribution in [0.1, 0.15) is 18.1 Å². The molecular weight excluding hydrogens is 408 g/mol. The van der Waals surface area contributed by atoms with Crippen LogP contribution in [0.25, 0.3) is 0 Å². The van der Waals surface area contributed by atoms with Gasteiger partial charge in [0.25, 0.3) is 0 Å². The van der Waals surface area contributed by atoms with E-state index in [2.05, 4.69) is 31.9 Å². The lowest BCUT2D eigenvalue weighted by Gasteiger charge is -2.27. The Balaban J connectivity index is 2.37. The van der Waals surface area contributed by atoms with Crippen molar-refractivity contribution in [3.63, 3.8) is 0 Å². The van der Waals surface area contributed by atoms with Gasteiger partial charge in [0.1, 0.15) is 5.82 Å². The molecule has 20 heavy (non-hydrogen) atoms. The first-order valence-corrected chi connectivity index (χ1v) is 7.94. The Kier molecular flexibility index (Phi) is 4.90. The molecule has 0 amide bonds. The smallest absolute Gasteiger partial charge is 0.123 e. The minimum Gasteiger partial charge on any atom is -0.321 e. The first kappa shape index (κ1) is 16.0. The quantitative estimate of drug-likeness (QED) is 0.704. The van der Waals surface area contributed by atoms with Crippen LogP contribution in [0.2, 0.25) is 5.02 Å². The van der Waals surface area contributed by atoms with Crippen molar-refractivity contribution in [2.75, 3.05) is 0 Å². The molecule has 1 unspecified atom stereocenters. The van der Waals surface area contributed by atoms with Gasteiger partial charge in [0.2, 0.25) is 0 Å². The van der Waals surface area contributed by atoms with Gasteiger partial charge in [-0.25, -0.2) is 4.39 Å². The third kappa shape index (κ3) is 3.61. The number of benzene rings is 2. The Labute approximate surface area is 139 Å². The van der Waals surface area contributed by atoms with E-state index in [0.717, 1.165) is 20.1 Å². The summed E-state index contributed by atoms with van der Waals surface area (Å²) in [6, 6.07) is 10.2. The highest BCUT2D eigenvalue weighted by Gasteiger charge is 2.25. The van der Waals surface area contributed by atoms with Crippen LogP contribution in [-0.4, -0.2) is 0 Å². The van der Waals surface area contributed by atoms with Crippen molar-refractivity contribution in [3.8, 4) is 0 Å². The predicted octanol–water partition coefficient (Wildman–Crippen LogP) is 5.42. The molecule has 0 radical (unpaired) electrons. The Morgan fingerprint density at radius 2 is 1.90 bits per heavy atom. The summed E-state index contributed by atoms with van der Waals surface area (Å²) in [4.78, 5) is 0. The molecule has 106 valence electrons. The molecule has 0 heterocycles. The summed E-state index contributed by atoms with van der Waals surface area (Å²) in [7, 11) is 0. The monoisotopic (exact) mass is 419 g/mol. The van der Waals surface area contributed by atoms with Crippen molar-refractivity contribution < 1.29 is 4.39 Å². The third-order valence-electron chi connectivity index (χ3n) is 3.11. The lowest BCUT2D eigenvalue weighted by Crippen LogP contribution is -2.36. The molecule has 0 bridgehead atoms. The fourth-order valence-electron chi connectivity index (χ4n) is 2.12. The van der Waals surface area contributed by atoms with Crippen LogP contribution in [0, 0.1) is 5.82 Å². The molecule has 0 aliphatic heterocycles. The molecule has 1 nitrogen and oxygen atoms in total. The van der Waals surface area contributed by atoms with Gasteiger partial charge in [0.05, 0.1) is 0 Å². The van der Waals surface area contributed by atoms with E-state index in [9.17, 15) is 4.39 Å². The second-order valence-electron chi connectivity index (χ2n) is 4.95. The molecule has 0 aliphatic rings. The van der Waals surface area contributed by atoms with Crippen LogP contribution in [0.3, 0.4) is 0 Å². The fraction of sp³-hybridized carbons (Fsp3) is 0.200. The Morgan fingerprint density at radius 1 is 1.20 bits per heavy atom. The minimum atomic E-state index is -0.686. The standard InChI is InChI=1S/C15H13Br2ClFN/c1-15(20,12-4-2-10(16)7-14(12)18)8-9-6-11(19)3-5-13(9)17/h2-7H,8,20H2,1H3. The first-order valence-electron chi connectivity index (χ1n) is 5.98. The molecule has 0 aromatic heterocycles. The van der Waals surface area contributed by atoms with Gasteiger partial charge in [-0.15, -0.1) is 0 Å². The Hall–Kier alpha value is -0.420. The van der Waals surface area contributed by atoms with E-state index in [1.165, 1.54) is 12.1 Å². The normalized spacial score (nSPS) is 14.1. The van der Waals surface area contributed by atoms with Crippen LogP contribution in [0.4, 0.5) is 4.39 Å². The van der Waals surface area contributed by atoms with Gasteiger partial charge in [0.15, 0.2) is 0 Å². The summed E-state index contributed by atoms with van der Waals surface area (Å²) in [6.45, 7) is 1.89. The summed E-state index contributed by atoms with van der Waals surface area (Å²) >= 11 is 13.0. The SMILES string of the molecule is CC(N)(Cc1cc(F)ccc1Br)c1ccc(Br)cc1Cl. The molecule has 0 saturated heterocycles. The molecule has 2 N–H and O–H groups in total. The van der Waals surface area contributed by atoms with E-state index in [-0.39, 0.29) is 5.82 Å². The maximum absolute atomic E-state index is 13.4. The molecule has 1 atom stereocenters. The molecular formula is C15H13Br2ClFN. The molecule has 0 fully saturated rings. The summed E-state index contributed by atoms with van der Waals surface area (Å²) in [5.74, 6) is -0.277. The number of hydrogen-bond acceptors (Lipinski definition) is 1. The number of halogens is 4. The highest BCUT2D eigenvalue weighted by molar-refractivity contribution is 9.10. The summed E-state index contributed by atoms with van der Waals surface area (Å²) in [5.41, 5.74) is 7.36. The van der Waals surface area contributed by atoms with Crippen LogP contribution in [0.15, 0.2) is 45.3 Å². The molecule has 2 aromatic carbocycles. The second kappa shape index (κ2) is 6.14. The molecule has 0 spiro atoms. The van der Waals surface area contributed by atoms with Crippen LogP contribution < -0.4 is 5.73 Å². The van der Waals surface area contributed by atoms with Crippen molar-refractivity contribution in [2.45, 2.75) is 18.9 Å². The minimum absolute atomic E-state index is 0.277. The van der Waals surface area contributed by atoms with Crippen LogP contribution in [-0.2, 0) is 12.0 Å². The average Bonchev–Trinajstić information content (AvgIpc) is 2.33. The van der Waals surface area contributed by atoms with Gasteiger partial charge < -0.3 is 5.73 Å². The van der Waals surface area contributed by atoms with Crippen molar-refractivity contribution in [1.29, 1.82) is 0 Å². The highest BCUT2D eigenvalue weighted by Crippen LogP contribution is 2.33. The zero-order valence-electron chi connectivity index (χ0n) is 10.8. The average molecular weight is 422 g/mol. The van der Waals surface area contributed by atoms with E-state index in [1.54, 1.807) is 6.07 Å². The van der Waals surface area contributed by atoms with Crippen molar-refractivity contribution in [1.82, 2.24) is 0 Å². The topological polar surface area (TPSA) is 26.0 Å². The Morgan fingerprint density at radius 3 is 2.55 bits per heavy atom. The number of hydrogen-bond donors (Lipinski definition) is 1. The largest absolute Gasteiger partial charge is 0.321 e. The third-order valence-corrected chi connectivity index (χ3v) is 4.69. The van der Waals surface area contributed by atoms with E-state index in [4.69, 9.17) is 17.3 Å². The molecule has 2 aromatic rings. The molecule has 2 rings (SSSR count). The zero-order chi connectivity index (χ0) is 14.9. The molecule has 5 heteroatoms. The van der Waals surface area contributed by atoms with Gasteiger partial charge in [0, 0.05) is 19.5 Å². The number of rotatable bonds is 3. The summed E-state index contributed by atoms with van der Waals surface area (Å²) in [6.07, 6.45) is 0.479. The lowest BCUT2D eigenvalue weighted by atomic mass is 9.86. The van der Waals surface area contributed by atoms with Gasteiger partial charge in [-0.3, -0.25) is 0 Å². The van der Waals surface area contributed by atoms with Gasteiger partial charge in [-0.1, -0.05) is 49.5 Å². The lowest BCUT2D eigenvalue weighted by molar-refractivity contribution is 0.488. The van der Waals surface area contributed by atoms with E-state index >= 15 is 0 Å². The van der Waals surface area contributed by atoms with Gasteiger partial charge in [-0.05, 0) is 54.8 Å². The van der Waals surface area contributed by atoms with E-state index in [0.29, 0.717) is 11.4 Å².